The van der Waals surface area contributed by atoms with Crippen LogP contribution in [0, 0.1) is 10.1 Å². The lowest BCUT2D eigenvalue weighted by Crippen LogP contribution is -2.01. The van der Waals surface area contributed by atoms with E-state index in [1.807, 2.05) is 12.3 Å². The van der Waals surface area contributed by atoms with Crippen LogP contribution in [-0.4, -0.2) is 20.1 Å². The number of hydrogen-bond acceptors (Lipinski definition) is 3. The maximum absolute atomic E-state index is 11.2. The summed E-state index contributed by atoms with van der Waals surface area (Å²) < 4.78 is 0. The molecule has 2 aromatic heterocycles. The van der Waals surface area contributed by atoms with Gasteiger partial charge in [0, 0.05) is 6.07 Å². The molecule has 4 rings (SSSR count). The van der Waals surface area contributed by atoms with Crippen LogP contribution in [-0.2, 0) is 12.8 Å². The summed E-state index contributed by atoms with van der Waals surface area (Å²) in [6.45, 7) is 0. The molecule has 0 fully saturated rings. The highest BCUT2D eigenvalue weighted by Gasteiger charge is 2.26. The van der Waals surface area contributed by atoms with E-state index in [4.69, 9.17) is 0 Å². The Labute approximate surface area is 107 Å². The van der Waals surface area contributed by atoms with Crippen LogP contribution < -0.4 is 0 Å². The first-order valence-electron chi connectivity index (χ1n) is 6.06. The number of aromatic nitrogens is 3. The Kier molecular flexibility index (Phi) is 1.87. The Morgan fingerprint density at radius 3 is 3.00 bits per heavy atom. The molecule has 0 bridgehead atoms. The zero-order valence-corrected chi connectivity index (χ0v) is 9.93. The van der Waals surface area contributed by atoms with Crippen LogP contribution in [0.1, 0.15) is 11.1 Å². The second kappa shape index (κ2) is 3.44. The van der Waals surface area contributed by atoms with Gasteiger partial charge in [0.25, 0.3) is 5.69 Å². The van der Waals surface area contributed by atoms with E-state index in [0.29, 0.717) is 0 Å². The normalized spacial score (nSPS) is 13.3. The standard InChI is InChI=1S/C13H10N4O2/c18-17(19)10-3-1-2-9-11(10)8-5-4-7-6-14-16-12(7)13(8)15-9/h1-3,6,15H,4-5H2,(H,14,16). The molecule has 94 valence electrons. The molecule has 19 heavy (non-hydrogen) atoms. The number of nitro groups is 1. The highest BCUT2D eigenvalue weighted by molar-refractivity contribution is 5.97. The molecule has 0 unspecified atom stereocenters. The van der Waals surface area contributed by atoms with Crippen LogP contribution in [0.15, 0.2) is 24.4 Å². The number of H-pyrrole nitrogens is 2. The molecule has 0 saturated carbocycles. The van der Waals surface area contributed by atoms with E-state index >= 15 is 0 Å². The molecule has 2 N–H and O–H groups in total. The summed E-state index contributed by atoms with van der Waals surface area (Å²) in [6, 6.07) is 5.13. The van der Waals surface area contributed by atoms with Gasteiger partial charge >= 0.3 is 0 Å². The number of rotatable bonds is 1. The first kappa shape index (κ1) is 10.3. The van der Waals surface area contributed by atoms with E-state index in [2.05, 4.69) is 15.2 Å². The van der Waals surface area contributed by atoms with E-state index in [9.17, 15) is 10.1 Å². The fourth-order valence-electron chi connectivity index (χ4n) is 2.89. The third kappa shape index (κ3) is 1.28. The van der Waals surface area contributed by atoms with Crippen molar-refractivity contribution in [1.29, 1.82) is 0 Å². The number of aromatic amines is 2. The molecule has 0 atom stereocenters. The lowest BCUT2D eigenvalue weighted by atomic mass is 9.93. The summed E-state index contributed by atoms with van der Waals surface area (Å²) in [6.07, 6.45) is 3.47. The van der Waals surface area contributed by atoms with Crippen LogP contribution in [0.5, 0.6) is 0 Å². The summed E-state index contributed by atoms with van der Waals surface area (Å²) in [5, 5.41) is 18.9. The largest absolute Gasteiger partial charge is 0.353 e. The van der Waals surface area contributed by atoms with E-state index in [1.165, 1.54) is 0 Å². The first-order chi connectivity index (χ1) is 9.25. The number of benzene rings is 1. The van der Waals surface area contributed by atoms with Crippen LogP contribution in [0.25, 0.3) is 22.3 Å². The van der Waals surface area contributed by atoms with Gasteiger partial charge in [0.15, 0.2) is 0 Å². The van der Waals surface area contributed by atoms with Crippen LogP contribution in [0.2, 0.25) is 0 Å². The molecule has 1 aromatic carbocycles. The maximum Gasteiger partial charge on any atom is 0.279 e. The number of nitrogens with zero attached hydrogens (tertiary/aromatic N) is 2. The van der Waals surface area contributed by atoms with Gasteiger partial charge in [0.05, 0.1) is 33.4 Å². The summed E-state index contributed by atoms with van der Waals surface area (Å²) in [5.41, 5.74) is 5.02. The molecule has 1 aliphatic carbocycles. The van der Waals surface area contributed by atoms with Crippen molar-refractivity contribution in [2.24, 2.45) is 0 Å². The monoisotopic (exact) mass is 254 g/mol. The summed E-state index contributed by atoms with van der Waals surface area (Å²) >= 11 is 0. The maximum atomic E-state index is 11.2. The molecule has 6 nitrogen and oxygen atoms in total. The molecule has 0 saturated heterocycles. The van der Waals surface area contributed by atoms with Crippen molar-refractivity contribution in [3.63, 3.8) is 0 Å². The Morgan fingerprint density at radius 1 is 1.26 bits per heavy atom. The number of non-ortho nitro benzene ring substituents is 1. The van der Waals surface area contributed by atoms with Crippen molar-refractivity contribution in [2.75, 3.05) is 0 Å². The van der Waals surface area contributed by atoms with Gasteiger partial charge < -0.3 is 4.98 Å². The molecule has 0 amide bonds. The van der Waals surface area contributed by atoms with Crippen LogP contribution in [0.3, 0.4) is 0 Å². The molecule has 3 aromatic rings. The van der Waals surface area contributed by atoms with Gasteiger partial charge in [-0.3, -0.25) is 15.2 Å². The Morgan fingerprint density at radius 2 is 2.16 bits per heavy atom. The molecular weight excluding hydrogens is 244 g/mol. The second-order valence-corrected chi connectivity index (χ2v) is 4.71. The predicted molar refractivity (Wildman–Crippen MR) is 69.9 cm³/mol. The smallest absolute Gasteiger partial charge is 0.279 e. The van der Waals surface area contributed by atoms with Crippen molar-refractivity contribution in [2.45, 2.75) is 12.8 Å². The van der Waals surface area contributed by atoms with E-state index in [0.717, 1.165) is 46.3 Å². The van der Waals surface area contributed by atoms with Crippen LogP contribution in [0.4, 0.5) is 5.69 Å². The van der Waals surface area contributed by atoms with Crippen molar-refractivity contribution in [1.82, 2.24) is 15.2 Å². The predicted octanol–water partition coefficient (Wildman–Crippen LogP) is 2.56. The zero-order chi connectivity index (χ0) is 13.0. The van der Waals surface area contributed by atoms with Crippen molar-refractivity contribution in [3.8, 4) is 11.4 Å². The van der Waals surface area contributed by atoms with Gasteiger partial charge in [-0.05, 0) is 30.0 Å². The van der Waals surface area contributed by atoms with E-state index < -0.39 is 0 Å². The molecule has 1 aliphatic rings. The second-order valence-electron chi connectivity index (χ2n) is 4.71. The molecule has 0 spiro atoms. The van der Waals surface area contributed by atoms with Gasteiger partial charge in [-0.1, -0.05) is 6.07 Å². The molecule has 0 aliphatic heterocycles. The lowest BCUT2D eigenvalue weighted by molar-refractivity contribution is -0.383. The molecular formula is C13H10N4O2. The SMILES string of the molecule is O=[N+]([O-])c1cccc2[nH]c3c(c12)CCc1cn[nH]c1-3. The minimum atomic E-state index is -0.321. The highest BCUT2D eigenvalue weighted by atomic mass is 16.6. The highest BCUT2D eigenvalue weighted by Crippen LogP contribution is 2.39. The third-order valence-corrected chi connectivity index (χ3v) is 3.71. The molecule has 0 radical (unpaired) electrons. The van der Waals surface area contributed by atoms with Gasteiger partial charge in [-0.25, -0.2) is 0 Å². The first-order valence-corrected chi connectivity index (χ1v) is 6.06. The van der Waals surface area contributed by atoms with E-state index in [-0.39, 0.29) is 10.6 Å². The Bertz CT molecular complexity index is 815. The van der Waals surface area contributed by atoms with Gasteiger partial charge in [-0.15, -0.1) is 0 Å². The molecule has 6 heteroatoms. The summed E-state index contributed by atoms with van der Waals surface area (Å²) in [7, 11) is 0. The minimum absolute atomic E-state index is 0.165. The van der Waals surface area contributed by atoms with Crippen LogP contribution >= 0.6 is 0 Å². The number of aryl methyl sites for hydroxylation is 2. The topological polar surface area (TPSA) is 87.6 Å². The number of nitrogens with one attached hydrogen (secondary N) is 2. The third-order valence-electron chi connectivity index (χ3n) is 3.71. The Hall–Kier alpha value is -2.63. The van der Waals surface area contributed by atoms with Gasteiger partial charge in [0.2, 0.25) is 0 Å². The average molecular weight is 254 g/mol. The minimum Gasteiger partial charge on any atom is -0.353 e. The summed E-state index contributed by atoms with van der Waals surface area (Å²) in [4.78, 5) is 14.1. The Balaban J connectivity index is 2.11. The van der Waals surface area contributed by atoms with Crippen molar-refractivity contribution in [3.05, 3.63) is 45.6 Å². The van der Waals surface area contributed by atoms with Crippen molar-refractivity contribution < 1.29 is 4.92 Å². The van der Waals surface area contributed by atoms with Gasteiger partial charge in [0.1, 0.15) is 0 Å². The molecule has 2 heterocycles. The van der Waals surface area contributed by atoms with E-state index in [1.54, 1.807) is 12.1 Å². The number of fused-ring (bicyclic) bond motifs is 5. The van der Waals surface area contributed by atoms with Gasteiger partial charge in [-0.2, -0.15) is 5.10 Å². The number of hydrogen-bond donors (Lipinski definition) is 2. The fraction of sp³-hybridized carbons (Fsp3) is 0.154. The van der Waals surface area contributed by atoms with Crippen molar-refractivity contribution >= 4 is 16.6 Å². The zero-order valence-electron chi connectivity index (χ0n) is 9.93. The summed E-state index contributed by atoms with van der Waals surface area (Å²) in [5.74, 6) is 0. The number of nitro benzene ring substituents is 1. The fourth-order valence-corrected chi connectivity index (χ4v) is 2.89. The average Bonchev–Trinajstić information content (AvgIpc) is 3.01. The lowest BCUT2D eigenvalue weighted by Gasteiger charge is -2.11. The quantitative estimate of drug-likeness (QED) is 0.516.